The molecule has 2 aromatic rings. The van der Waals surface area contributed by atoms with Gasteiger partial charge in [0.05, 0.1) is 0 Å². The molecule has 0 aliphatic heterocycles. The molecule has 0 radical (unpaired) electrons. The van der Waals surface area contributed by atoms with Gasteiger partial charge in [-0.1, -0.05) is 18.2 Å². The molecule has 0 saturated carbocycles. The lowest BCUT2D eigenvalue weighted by Gasteiger charge is -2.18. The van der Waals surface area contributed by atoms with Crippen molar-refractivity contribution < 1.29 is 13.5 Å². The lowest BCUT2D eigenvalue weighted by atomic mass is 10.1. The van der Waals surface area contributed by atoms with Crippen molar-refractivity contribution >= 4 is 0 Å². The summed E-state index contributed by atoms with van der Waals surface area (Å²) in [6, 6.07) is 10.6. The van der Waals surface area contributed by atoms with Crippen LogP contribution in [0.2, 0.25) is 0 Å². The Kier molecular flexibility index (Phi) is 4.12. The van der Waals surface area contributed by atoms with Crippen LogP contribution in [0.25, 0.3) is 0 Å². The molecular formula is C15H15F2NO. The zero-order valence-electron chi connectivity index (χ0n) is 10.6. The van der Waals surface area contributed by atoms with E-state index in [0.717, 1.165) is 0 Å². The fourth-order valence-electron chi connectivity index (χ4n) is 1.77. The quantitative estimate of drug-likeness (QED) is 0.918. The van der Waals surface area contributed by atoms with Crippen LogP contribution < -0.4 is 10.5 Å². The number of hydrogen-bond acceptors (Lipinski definition) is 2. The lowest BCUT2D eigenvalue weighted by Crippen LogP contribution is -2.18. The highest BCUT2D eigenvalue weighted by molar-refractivity contribution is 5.29. The molecule has 0 heterocycles. The van der Waals surface area contributed by atoms with E-state index in [1.807, 2.05) is 0 Å². The van der Waals surface area contributed by atoms with Gasteiger partial charge in [-0.25, -0.2) is 8.78 Å². The molecule has 0 saturated heterocycles. The lowest BCUT2D eigenvalue weighted by molar-refractivity contribution is 0.213. The van der Waals surface area contributed by atoms with Crippen LogP contribution in [-0.4, -0.2) is 6.54 Å². The maximum absolute atomic E-state index is 13.4. The summed E-state index contributed by atoms with van der Waals surface area (Å²) in [5.41, 5.74) is 6.80. The highest BCUT2D eigenvalue weighted by Gasteiger charge is 2.13. The molecule has 19 heavy (non-hydrogen) atoms. The molecule has 0 aliphatic rings. The topological polar surface area (TPSA) is 35.2 Å². The van der Waals surface area contributed by atoms with Gasteiger partial charge in [-0.3, -0.25) is 0 Å². The van der Waals surface area contributed by atoms with E-state index in [2.05, 4.69) is 0 Å². The van der Waals surface area contributed by atoms with Crippen molar-refractivity contribution in [3.63, 3.8) is 0 Å². The molecule has 0 amide bonds. The maximum Gasteiger partial charge on any atom is 0.136 e. The van der Waals surface area contributed by atoms with Gasteiger partial charge < -0.3 is 10.5 Å². The number of halogens is 2. The second-order valence-electron chi connectivity index (χ2n) is 4.31. The maximum atomic E-state index is 13.4. The third-order valence-corrected chi connectivity index (χ3v) is 2.86. The van der Waals surface area contributed by atoms with Crippen LogP contribution in [0.5, 0.6) is 5.75 Å². The van der Waals surface area contributed by atoms with Gasteiger partial charge in [-0.15, -0.1) is 0 Å². The third-order valence-electron chi connectivity index (χ3n) is 2.86. The first-order valence-electron chi connectivity index (χ1n) is 5.98. The number of rotatable bonds is 4. The molecule has 0 spiro atoms. The highest BCUT2D eigenvalue weighted by Crippen LogP contribution is 2.23. The van der Waals surface area contributed by atoms with E-state index < -0.39 is 6.10 Å². The predicted molar refractivity (Wildman–Crippen MR) is 70.0 cm³/mol. The molecule has 0 aliphatic carbocycles. The Labute approximate surface area is 110 Å². The van der Waals surface area contributed by atoms with Crippen LogP contribution in [-0.2, 0) is 0 Å². The summed E-state index contributed by atoms with van der Waals surface area (Å²) < 4.78 is 32.2. The molecule has 2 aromatic carbocycles. The summed E-state index contributed by atoms with van der Waals surface area (Å²) in [6.45, 7) is 1.85. The Hall–Kier alpha value is -1.94. The average molecular weight is 263 g/mol. The van der Waals surface area contributed by atoms with E-state index in [4.69, 9.17) is 10.5 Å². The van der Waals surface area contributed by atoms with Gasteiger partial charge in [0.25, 0.3) is 0 Å². The van der Waals surface area contributed by atoms with Crippen molar-refractivity contribution in [3.8, 4) is 5.75 Å². The predicted octanol–water partition coefficient (Wildman–Crippen LogP) is 3.35. The largest absolute Gasteiger partial charge is 0.484 e. The van der Waals surface area contributed by atoms with Crippen molar-refractivity contribution in [2.45, 2.75) is 13.0 Å². The first-order valence-corrected chi connectivity index (χ1v) is 5.98. The van der Waals surface area contributed by atoms with Crippen molar-refractivity contribution in [1.29, 1.82) is 0 Å². The Morgan fingerprint density at radius 1 is 1.16 bits per heavy atom. The molecule has 2 nitrogen and oxygen atoms in total. The van der Waals surface area contributed by atoms with E-state index in [0.29, 0.717) is 16.9 Å². The van der Waals surface area contributed by atoms with Crippen LogP contribution in [0, 0.1) is 18.6 Å². The van der Waals surface area contributed by atoms with Gasteiger partial charge >= 0.3 is 0 Å². The standard InChI is InChI=1S/C15H15F2NO/c1-10-5-6-13(8-14(10)17)19-15(9-18)11-3-2-4-12(16)7-11/h2-8,15H,9,18H2,1H3. The number of ether oxygens (including phenoxy) is 1. The van der Waals surface area contributed by atoms with Crippen LogP contribution in [0.15, 0.2) is 42.5 Å². The molecule has 4 heteroatoms. The van der Waals surface area contributed by atoms with Gasteiger partial charge in [0.1, 0.15) is 23.5 Å². The first-order chi connectivity index (χ1) is 9.10. The normalized spacial score (nSPS) is 12.2. The molecule has 0 fully saturated rings. The molecule has 1 atom stereocenters. The number of nitrogens with two attached hydrogens (primary N) is 1. The third kappa shape index (κ3) is 3.29. The monoisotopic (exact) mass is 263 g/mol. The SMILES string of the molecule is Cc1ccc(OC(CN)c2cccc(F)c2)cc1F. The number of hydrogen-bond donors (Lipinski definition) is 1. The second-order valence-corrected chi connectivity index (χ2v) is 4.31. The molecule has 1 unspecified atom stereocenters. The van der Waals surface area contributed by atoms with Gasteiger partial charge in [0.15, 0.2) is 0 Å². The molecular weight excluding hydrogens is 248 g/mol. The summed E-state index contributed by atoms with van der Waals surface area (Å²) >= 11 is 0. The molecule has 2 rings (SSSR count). The van der Waals surface area contributed by atoms with Crippen LogP contribution in [0.3, 0.4) is 0 Å². The molecule has 2 N–H and O–H groups in total. The Bertz CT molecular complexity index is 572. The number of benzene rings is 2. The number of aryl methyl sites for hydroxylation is 1. The zero-order valence-corrected chi connectivity index (χ0v) is 10.6. The van der Waals surface area contributed by atoms with Crippen LogP contribution in [0.4, 0.5) is 8.78 Å². The van der Waals surface area contributed by atoms with Crippen LogP contribution in [0.1, 0.15) is 17.2 Å². The fourth-order valence-corrected chi connectivity index (χ4v) is 1.77. The summed E-state index contributed by atoms with van der Waals surface area (Å²) in [4.78, 5) is 0. The summed E-state index contributed by atoms with van der Waals surface area (Å²) in [7, 11) is 0. The van der Waals surface area contributed by atoms with E-state index in [1.54, 1.807) is 31.2 Å². The van der Waals surface area contributed by atoms with Crippen molar-refractivity contribution in [2.75, 3.05) is 6.54 Å². The summed E-state index contributed by atoms with van der Waals surface area (Å²) in [5.74, 6) is -0.315. The zero-order chi connectivity index (χ0) is 13.8. The molecule has 0 bridgehead atoms. The van der Waals surface area contributed by atoms with Crippen molar-refractivity contribution in [3.05, 3.63) is 65.2 Å². The first kappa shape index (κ1) is 13.5. The summed E-state index contributed by atoms with van der Waals surface area (Å²) in [6.07, 6.45) is -0.502. The van der Waals surface area contributed by atoms with Gasteiger partial charge in [0, 0.05) is 12.6 Å². The Morgan fingerprint density at radius 2 is 1.95 bits per heavy atom. The second kappa shape index (κ2) is 5.80. The molecule has 0 aromatic heterocycles. The van der Waals surface area contributed by atoms with E-state index in [9.17, 15) is 8.78 Å². The van der Waals surface area contributed by atoms with E-state index >= 15 is 0 Å². The van der Waals surface area contributed by atoms with Crippen LogP contribution >= 0.6 is 0 Å². The minimum Gasteiger partial charge on any atom is -0.484 e. The van der Waals surface area contributed by atoms with Crippen molar-refractivity contribution in [1.82, 2.24) is 0 Å². The van der Waals surface area contributed by atoms with E-state index in [-0.39, 0.29) is 18.2 Å². The average Bonchev–Trinajstić information content (AvgIpc) is 2.40. The summed E-state index contributed by atoms with van der Waals surface area (Å²) in [5, 5.41) is 0. The van der Waals surface area contributed by atoms with Gasteiger partial charge in [0.2, 0.25) is 0 Å². The van der Waals surface area contributed by atoms with Gasteiger partial charge in [-0.2, -0.15) is 0 Å². The smallest absolute Gasteiger partial charge is 0.136 e. The van der Waals surface area contributed by atoms with E-state index in [1.165, 1.54) is 18.2 Å². The van der Waals surface area contributed by atoms with Gasteiger partial charge in [-0.05, 0) is 36.2 Å². The molecule has 100 valence electrons. The highest BCUT2D eigenvalue weighted by atomic mass is 19.1. The fraction of sp³-hybridized carbons (Fsp3) is 0.200. The minimum atomic E-state index is -0.502. The van der Waals surface area contributed by atoms with Crippen molar-refractivity contribution in [2.24, 2.45) is 5.73 Å². The Balaban J connectivity index is 2.21. The Morgan fingerprint density at radius 3 is 2.58 bits per heavy atom. The minimum absolute atomic E-state index is 0.180.